The molecule has 0 radical (unpaired) electrons. The number of thiol groups is 1. The second kappa shape index (κ2) is 11.0. The van der Waals surface area contributed by atoms with Crippen LogP contribution < -0.4 is 5.43 Å². The number of rotatable bonds is 9. The number of hydrogen-bond donors (Lipinski definition) is 2. The standard InChI is InChI=1S/C23H30N2O4S/c1-5-10-25-14-17(23(27)28)19(26)13-18(25)21(15(3)6-2)16-8-7-9-20(22(16)24-4)29-11-12-30/h7-9,13-15,30H,5-6,10-12H2,1-4H3,(H,27,28)/b21-16+,24-22?. The minimum absolute atomic E-state index is 0.115. The number of ether oxygens (including phenoxy) is 1. The summed E-state index contributed by atoms with van der Waals surface area (Å²) < 4.78 is 7.71. The lowest BCUT2D eigenvalue weighted by molar-refractivity contribution is 0.0694. The molecule has 162 valence electrons. The molecule has 0 amide bonds. The number of aryl methyl sites for hydroxylation is 1. The number of allylic oxidation sites excluding steroid dienone is 5. The highest BCUT2D eigenvalue weighted by molar-refractivity contribution is 7.80. The van der Waals surface area contributed by atoms with Crippen LogP contribution in [0.25, 0.3) is 5.57 Å². The van der Waals surface area contributed by atoms with Crippen molar-refractivity contribution in [1.29, 1.82) is 0 Å². The van der Waals surface area contributed by atoms with E-state index in [9.17, 15) is 14.7 Å². The van der Waals surface area contributed by atoms with Gasteiger partial charge in [0.1, 0.15) is 17.0 Å². The van der Waals surface area contributed by atoms with Crippen LogP contribution in [0.1, 0.15) is 49.7 Å². The van der Waals surface area contributed by atoms with Gasteiger partial charge in [-0.15, -0.1) is 0 Å². The van der Waals surface area contributed by atoms with Crippen LogP contribution in [-0.2, 0) is 11.3 Å². The van der Waals surface area contributed by atoms with Crippen LogP contribution in [0, 0.1) is 5.92 Å². The number of carboxylic acids is 1. The van der Waals surface area contributed by atoms with Gasteiger partial charge in [-0.1, -0.05) is 32.9 Å². The van der Waals surface area contributed by atoms with Crippen LogP contribution in [0.5, 0.6) is 0 Å². The summed E-state index contributed by atoms with van der Waals surface area (Å²) in [7, 11) is 1.72. The Morgan fingerprint density at radius 1 is 1.37 bits per heavy atom. The molecule has 0 fully saturated rings. The van der Waals surface area contributed by atoms with Gasteiger partial charge in [-0.25, -0.2) is 4.79 Å². The van der Waals surface area contributed by atoms with Gasteiger partial charge in [0.25, 0.3) is 0 Å². The lowest BCUT2D eigenvalue weighted by Gasteiger charge is -2.25. The van der Waals surface area contributed by atoms with E-state index in [1.54, 1.807) is 7.05 Å². The van der Waals surface area contributed by atoms with Crippen molar-refractivity contribution >= 4 is 29.9 Å². The van der Waals surface area contributed by atoms with Crippen molar-refractivity contribution in [2.75, 3.05) is 19.4 Å². The van der Waals surface area contributed by atoms with Crippen LogP contribution in [0.3, 0.4) is 0 Å². The number of aromatic nitrogens is 1. The first-order chi connectivity index (χ1) is 14.4. The number of carboxylic acid groups (broad SMARTS) is 1. The SMILES string of the molecule is CCCn1cc(C(=O)O)c(=O)cc1/C(=C1\C=CC=C(OCCS)C1=NC)C(C)CC. The van der Waals surface area contributed by atoms with E-state index >= 15 is 0 Å². The average molecular weight is 431 g/mol. The summed E-state index contributed by atoms with van der Waals surface area (Å²) in [6.45, 7) is 7.26. The Hall–Kier alpha value is -2.54. The molecule has 1 aliphatic carbocycles. The number of pyridine rings is 1. The van der Waals surface area contributed by atoms with Crippen LogP contribution in [0.2, 0.25) is 0 Å². The van der Waals surface area contributed by atoms with Crippen LogP contribution in [-0.4, -0.2) is 40.8 Å². The molecule has 0 aliphatic heterocycles. The van der Waals surface area contributed by atoms with E-state index in [4.69, 9.17) is 4.74 Å². The molecule has 1 aromatic heterocycles. The summed E-state index contributed by atoms with van der Waals surface area (Å²) in [4.78, 5) is 28.6. The van der Waals surface area contributed by atoms with E-state index in [0.717, 1.165) is 29.7 Å². The highest BCUT2D eigenvalue weighted by atomic mass is 32.1. The monoisotopic (exact) mass is 430 g/mol. The Labute approximate surface area is 183 Å². The zero-order valence-electron chi connectivity index (χ0n) is 18.0. The first-order valence-corrected chi connectivity index (χ1v) is 10.8. The van der Waals surface area contributed by atoms with E-state index in [2.05, 4.69) is 31.5 Å². The lowest BCUT2D eigenvalue weighted by atomic mass is 9.86. The second-order valence-corrected chi connectivity index (χ2v) is 7.55. The van der Waals surface area contributed by atoms with Gasteiger partial charge in [0.2, 0.25) is 0 Å². The van der Waals surface area contributed by atoms with Crippen LogP contribution in [0.15, 0.2) is 51.6 Å². The van der Waals surface area contributed by atoms with Gasteiger partial charge in [0, 0.05) is 42.9 Å². The Bertz CT molecular complexity index is 970. The van der Waals surface area contributed by atoms with Crippen molar-refractivity contribution in [3.63, 3.8) is 0 Å². The van der Waals surface area contributed by atoms with Crippen molar-refractivity contribution < 1.29 is 14.6 Å². The molecule has 7 heteroatoms. The maximum Gasteiger partial charge on any atom is 0.341 e. The Morgan fingerprint density at radius 3 is 2.67 bits per heavy atom. The van der Waals surface area contributed by atoms with Crippen molar-refractivity contribution in [3.05, 3.63) is 63.3 Å². The van der Waals surface area contributed by atoms with E-state index in [1.807, 2.05) is 29.7 Å². The van der Waals surface area contributed by atoms with E-state index in [0.29, 0.717) is 30.4 Å². The molecular formula is C23H30N2O4S. The second-order valence-electron chi connectivity index (χ2n) is 7.11. The molecule has 1 aromatic rings. The molecule has 1 atom stereocenters. The molecule has 0 bridgehead atoms. The number of nitrogens with zero attached hydrogens (tertiary/aromatic N) is 2. The van der Waals surface area contributed by atoms with Gasteiger partial charge in [-0.2, -0.15) is 12.6 Å². The predicted octanol–water partition coefficient (Wildman–Crippen LogP) is 4.23. The van der Waals surface area contributed by atoms with Gasteiger partial charge in [0.05, 0.1) is 6.61 Å². The summed E-state index contributed by atoms with van der Waals surface area (Å²) in [6.07, 6.45) is 8.86. The average Bonchev–Trinajstić information content (AvgIpc) is 2.73. The van der Waals surface area contributed by atoms with E-state index in [-0.39, 0.29) is 11.5 Å². The summed E-state index contributed by atoms with van der Waals surface area (Å²) in [5.41, 5.74) is 2.56. The third-order valence-corrected chi connectivity index (χ3v) is 5.25. The van der Waals surface area contributed by atoms with Gasteiger partial charge in [0.15, 0.2) is 5.43 Å². The van der Waals surface area contributed by atoms with Crippen LogP contribution in [0.4, 0.5) is 0 Å². The first-order valence-electron chi connectivity index (χ1n) is 10.2. The highest BCUT2D eigenvalue weighted by Gasteiger charge is 2.25. The van der Waals surface area contributed by atoms with Gasteiger partial charge < -0.3 is 14.4 Å². The quantitative estimate of drug-likeness (QED) is 0.575. The molecule has 0 aromatic carbocycles. The Balaban J connectivity index is 2.79. The zero-order chi connectivity index (χ0) is 22.3. The molecule has 1 aliphatic rings. The van der Waals surface area contributed by atoms with E-state index in [1.165, 1.54) is 12.3 Å². The van der Waals surface area contributed by atoms with Crippen molar-refractivity contribution in [1.82, 2.24) is 4.57 Å². The molecule has 30 heavy (non-hydrogen) atoms. The summed E-state index contributed by atoms with van der Waals surface area (Å²) >= 11 is 4.21. The number of hydrogen-bond acceptors (Lipinski definition) is 5. The lowest BCUT2D eigenvalue weighted by Crippen LogP contribution is -2.23. The number of aliphatic imine (C=N–C) groups is 1. The first kappa shape index (κ1) is 23.7. The maximum absolute atomic E-state index is 12.6. The van der Waals surface area contributed by atoms with Crippen molar-refractivity contribution in [2.45, 2.75) is 40.2 Å². The topological polar surface area (TPSA) is 80.9 Å². The van der Waals surface area contributed by atoms with Gasteiger partial charge >= 0.3 is 5.97 Å². The summed E-state index contributed by atoms with van der Waals surface area (Å²) in [6, 6.07) is 1.45. The Kier molecular flexibility index (Phi) is 8.72. The smallest absolute Gasteiger partial charge is 0.341 e. The number of aromatic carboxylic acids is 1. The fraction of sp³-hybridized carbons (Fsp3) is 0.435. The van der Waals surface area contributed by atoms with Crippen LogP contribution >= 0.6 is 12.6 Å². The highest BCUT2D eigenvalue weighted by Crippen LogP contribution is 2.33. The maximum atomic E-state index is 12.6. The summed E-state index contributed by atoms with van der Waals surface area (Å²) in [5.74, 6) is 0.148. The minimum Gasteiger partial charge on any atom is -0.490 e. The van der Waals surface area contributed by atoms with Gasteiger partial charge in [-0.05, 0) is 30.4 Å². The molecule has 6 nitrogen and oxygen atoms in total. The normalized spacial score (nSPS) is 17.6. The summed E-state index contributed by atoms with van der Waals surface area (Å²) in [5, 5.41) is 9.40. The third kappa shape index (κ3) is 5.14. The molecule has 0 saturated carbocycles. The van der Waals surface area contributed by atoms with Gasteiger partial charge in [-0.3, -0.25) is 9.79 Å². The number of carbonyl (C=O) groups is 1. The molecule has 2 rings (SSSR count). The predicted molar refractivity (Wildman–Crippen MR) is 125 cm³/mol. The molecule has 0 spiro atoms. The molecule has 1 unspecified atom stereocenters. The molecule has 0 saturated heterocycles. The van der Waals surface area contributed by atoms with Crippen molar-refractivity contribution in [3.8, 4) is 0 Å². The molecule has 1 heterocycles. The fourth-order valence-corrected chi connectivity index (χ4v) is 3.59. The minimum atomic E-state index is -1.21. The largest absolute Gasteiger partial charge is 0.490 e. The third-order valence-electron chi connectivity index (χ3n) is 5.07. The molecular weight excluding hydrogens is 400 g/mol. The van der Waals surface area contributed by atoms with E-state index < -0.39 is 11.4 Å². The fourth-order valence-electron chi connectivity index (χ4n) is 3.50. The molecule has 1 N–H and O–H groups in total. The zero-order valence-corrected chi connectivity index (χ0v) is 18.9. The van der Waals surface area contributed by atoms with Crippen molar-refractivity contribution in [2.24, 2.45) is 10.9 Å². The Morgan fingerprint density at radius 2 is 2.10 bits per heavy atom.